The van der Waals surface area contributed by atoms with Crippen molar-refractivity contribution in [3.05, 3.63) is 12.7 Å². The molecule has 0 aliphatic carbocycles. The summed E-state index contributed by atoms with van der Waals surface area (Å²) in [6.07, 6.45) is 0.721. The van der Waals surface area contributed by atoms with Gasteiger partial charge in [-0.3, -0.25) is 0 Å². The van der Waals surface area contributed by atoms with Gasteiger partial charge in [-0.2, -0.15) is 0 Å². The molecular weight excluding hydrogens is 134 g/mol. The summed E-state index contributed by atoms with van der Waals surface area (Å²) in [5, 5.41) is 18.8. The monoisotopic (exact) mass is 145 g/mol. The lowest BCUT2D eigenvalue weighted by molar-refractivity contribution is 0.189. The van der Waals surface area contributed by atoms with Crippen molar-refractivity contribution < 1.29 is 15.0 Å². The van der Waals surface area contributed by atoms with Gasteiger partial charge < -0.3 is 15.5 Å². The van der Waals surface area contributed by atoms with Gasteiger partial charge in [0.2, 0.25) is 0 Å². The average molecular weight is 145 g/mol. The van der Waals surface area contributed by atoms with E-state index in [1.807, 2.05) is 0 Å². The second kappa shape index (κ2) is 4.81. The van der Waals surface area contributed by atoms with Crippen LogP contribution in [0.15, 0.2) is 12.7 Å². The molecule has 0 aromatic rings. The Bertz CT molecular complexity index is 124. The van der Waals surface area contributed by atoms with Gasteiger partial charge in [0.1, 0.15) is 0 Å². The summed E-state index contributed by atoms with van der Waals surface area (Å²) in [6.45, 7) is 3.35. The topological polar surface area (TPSA) is 69.6 Å². The molecule has 4 heteroatoms. The van der Waals surface area contributed by atoms with Crippen LogP contribution in [0.3, 0.4) is 0 Å². The molecule has 10 heavy (non-hydrogen) atoms. The molecule has 0 saturated carbocycles. The third-order valence-corrected chi connectivity index (χ3v) is 1.03. The third kappa shape index (κ3) is 3.91. The minimum absolute atomic E-state index is 0.0447. The molecule has 0 aliphatic rings. The molecule has 0 aromatic carbocycles. The molecule has 0 saturated heterocycles. The Labute approximate surface area is 59.2 Å². The minimum Gasteiger partial charge on any atom is -0.465 e. The molecule has 0 heterocycles. The Hall–Kier alpha value is -1.03. The normalized spacial score (nSPS) is 12.1. The first-order valence-corrected chi connectivity index (χ1v) is 2.93. The Kier molecular flexibility index (Phi) is 4.32. The van der Waals surface area contributed by atoms with Gasteiger partial charge in [0.05, 0.1) is 6.04 Å². The molecule has 4 nitrogen and oxygen atoms in total. The Morgan fingerprint density at radius 1 is 1.80 bits per heavy atom. The number of aliphatic hydroxyl groups is 1. The summed E-state index contributed by atoms with van der Waals surface area (Å²) in [5.41, 5.74) is 0. The largest absolute Gasteiger partial charge is 0.465 e. The fourth-order valence-corrected chi connectivity index (χ4v) is 0.547. The van der Waals surface area contributed by atoms with Gasteiger partial charge in [-0.15, -0.1) is 6.58 Å². The number of rotatable bonds is 4. The van der Waals surface area contributed by atoms with Crippen molar-refractivity contribution in [2.24, 2.45) is 0 Å². The van der Waals surface area contributed by atoms with Crippen molar-refractivity contribution in [3.8, 4) is 0 Å². The van der Waals surface area contributed by atoms with E-state index in [1.165, 1.54) is 6.08 Å². The molecule has 1 atom stereocenters. The van der Waals surface area contributed by atoms with Gasteiger partial charge >= 0.3 is 6.09 Å². The first-order chi connectivity index (χ1) is 4.70. The lowest BCUT2D eigenvalue weighted by atomic mass is 10.2. The molecule has 0 fully saturated rings. The van der Waals surface area contributed by atoms with Crippen molar-refractivity contribution in [2.75, 3.05) is 6.61 Å². The number of hydrogen-bond acceptors (Lipinski definition) is 2. The van der Waals surface area contributed by atoms with Crippen molar-refractivity contribution in [2.45, 2.75) is 12.5 Å². The van der Waals surface area contributed by atoms with Gasteiger partial charge in [0.25, 0.3) is 0 Å². The highest BCUT2D eigenvalue weighted by Crippen LogP contribution is 1.90. The summed E-state index contributed by atoms with van der Waals surface area (Å²) < 4.78 is 0. The van der Waals surface area contributed by atoms with Crippen molar-refractivity contribution in [3.63, 3.8) is 0 Å². The van der Waals surface area contributed by atoms with Gasteiger partial charge in [0, 0.05) is 6.61 Å². The number of amides is 1. The third-order valence-electron chi connectivity index (χ3n) is 1.03. The van der Waals surface area contributed by atoms with E-state index in [4.69, 9.17) is 10.2 Å². The maximum absolute atomic E-state index is 10.0. The SMILES string of the molecule is C=CC(CCO)NC(=O)O. The van der Waals surface area contributed by atoms with Crippen molar-refractivity contribution in [1.82, 2.24) is 5.32 Å². The summed E-state index contributed by atoms with van der Waals surface area (Å²) in [7, 11) is 0. The highest BCUT2D eigenvalue weighted by molar-refractivity contribution is 5.65. The fraction of sp³-hybridized carbons (Fsp3) is 0.500. The number of carboxylic acid groups (broad SMARTS) is 1. The molecule has 0 radical (unpaired) electrons. The summed E-state index contributed by atoms with van der Waals surface area (Å²) in [5.74, 6) is 0. The van der Waals surface area contributed by atoms with E-state index in [0.717, 1.165) is 0 Å². The van der Waals surface area contributed by atoms with E-state index in [9.17, 15) is 4.79 Å². The van der Waals surface area contributed by atoms with Crippen LogP contribution in [0.2, 0.25) is 0 Å². The number of nitrogens with one attached hydrogen (secondary N) is 1. The standard InChI is InChI=1S/C6H11NO3/c1-2-5(3-4-8)7-6(9)10/h2,5,7-8H,1,3-4H2,(H,9,10). The van der Waals surface area contributed by atoms with E-state index in [2.05, 4.69) is 11.9 Å². The smallest absolute Gasteiger partial charge is 0.405 e. The molecule has 1 amide bonds. The van der Waals surface area contributed by atoms with Gasteiger partial charge in [-0.05, 0) is 6.42 Å². The van der Waals surface area contributed by atoms with Crippen molar-refractivity contribution in [1.29, 1.82) is 0 Å². The lowest BCUT2D eigenvalue weighted by Crippen LogP contribution is -2.32. The molecule has 3 N–H and O–H groups in total. The molecule has 0 aliphatic heterocycles. The van der Waals surface area contributed by atoms with Crippen molar-refractivity contribution >= 4 is 6.09 Å². The van der Waals surface area contributed by atoms with E-state index in [1.54, 1.807) is 0 Å². The molecular formula is C6H11NO3. The van der Waals surface area contributed by atoms with Crippen LogP contribution in [0.1, 0.15) is 6.42 Å². The number of hydrogen-bond donors (Lipinski definition) is 3. The van der Waals surface area contributed by atoms with E-state index in [0.29, 0.717) is 6.42 Å². The number of carbonyl (C=O) groups is 1. The van der Waals surface area contributed by atoms with Crippen LogP contribution in [-0.4, -0.2) is 29.0 Å². The highest BCUT2D eigenvalue weighted by atomic mass is 16.4. The van der Waals surface area contributed by atoms with Gasteiger partial charge in [-0.1, -0.05) is 6.08 Å². The summed E-state index contributed by atoms with van der Waals surface area (Å²) in [6, 6.07) is -0.345. The van der Waals surface area contributed by atoms with Crippen LogP contribution in [0.5, 0.6) is 0 Å². The quantitative estimate of drug-likeness (QED) is 0.494. The molecule has 0 rings (SSSR count). The van der Waals surface area contributed by atoms with Crippen LogP contribution < -0.4 is 5.32 Å². The van der Waals surface area contributed by atoms with E-state index in [-0.39, 0.29) is 12.6 Å². The first kappa shape index (κ1) is 8.97. The maximum atomic E-state index is 10.0. The van der Waals surface area contributed by atoms with E-state index >= 15 is 0 Å². The molecule has 1 unspecified atom stereocenters. The molecule has 58 valence electrons. The first-order valence-electron chi connectivity index (χ1n) is 2.93. The number of aliphatic hydroxyl groups excluding tert-OH is 1. The maximum Gasteiger partial charge on any atom is 0.405 e. The lowest BCUT2D eigenvalue weighted by Gasteiger charge is -2.08. The zero-order chi connectivity index (χ0) is 7.98. The van der Waals surface area contributed by atoms with Crippen LogP contribution >= 0.6 is 0 Å². The molecule has 0 aromatic heterocycles. The fourth-order valence-electron chi connectivity index (χ4n) is 0.547. The van der Waals surface area contributed by atoms with Crippen LogP contribution in [-0.2, 0) is 0 Å². The Morgan fingerprint density at radius 2 is 2.40 bits per heavy atom. The predicted octanol–water partition coefficient (Wildman–Crippen LogP) is 0.191. The summed E-state index contributed by atoms with van der Waals surface area (Å²) >= 11 is 0. The predicted molar refractivity (Wildman–Crippen MR) is 36.8 cm³/mol. The zero-order valence-electron chi connectivity index (χ0n) is 5.58. The zero-order valence-corrected chi connectivity index (χ0v) is 5.58. The van der Waals surface area contributed by atoms with Crippen LogP contribution in [0.25, 0.3) is 0 Å². The second-order valence-electron chi connectivity index (χ2n) is 1.80. The van der Waals surface area contributed by atoms with Crippen LogP contribution in [0, 0.1) is 0 Å². The summed E-state index contributed by atoms with van der Waals surface area (Å²) in [4.78, 5) is 10.0. The average Bonchev–Trinajstić information content (AvgIpc) is 1.86. The highest BCUT2D eigenvalue weighted by Gasteiger charge is 2.04. The van der Waals surface area contributed by atoms with Gasteiger partial charge in [0.15, 0.2) is 0 Å². The molecule has 0 bridgehead atoms. The van der Waals surface area contributed by atoms with Gasteiger partial charge in [-0.25, -0.2) is 4.79 Å². The minimum atomic E-state index is -1.10. The Balaban J connectivity index is 3.59. The molecule has 0 spiro atoms. The second-order valence-corrected chi connectivity index (χ2v) is 1.80. The Morgan fingerprint density at radius 3 is 2.70 bits per heavy atom. The van der Waals surface area contributed by atoms with Crippen LogP contribution in [0.4, 0.5) is 4.79 Å². The van der Waals surface area contributed by atoms with E-state index < -0.39 is 6.09 Å².